The number of benzene rings is 2. The highest BCUT2D eigenvalue weighted by atomic mass is 32.2. The van der Waals surface area contributed by atoms with Crippen molar-refractivity contribution >= 4 is 21.6 Å². The quantitative estimate of drug-likeness (QED) is 0.640. The van der Waals surface area contributed by atoms with Crippen LogP contribution in [0.3, 0.4) is 0 Å². The van der Waals surface area contributed by atoms with E-state index in [0.29, 0.717) is 25.3 Å². The monoisotopic (exact) mass is 418 g/mol. The van der Waals surface area contributed by atoms with Crippen LogP contribution in [0.25, 0.3) is 0 Å². The Morgan fingerprint density at radius 2 is 1.83 bits per heavy atom. The lowest BCUT2D eigenvalue weighted by molar-refractivity contribution is -0.121. The Morgan fingerprint density at radius 3 is 2.48 bits per heavy atom. The molecule has 7 heteroatoms. The van der Waals surface area contributed by atoms with Crippen LogP contribution in [0.4, 0.5) is 5.69 Å². The van der Waals surface area contributed by atoms with Gasteiger partial charge in [-0.05, 0) is 56.5 Å². The van der Waals surface area contributed by atoms with Crippen molar-refractivity contribution in [1.29, 1.82) is 0 Å². The molecule has 2 aromatic rings. The summed E-state index contributed by atoms with van der Waals surface area (Å²) in [5.41, 5.74) is 3.67. The third kappa shape index (κ3) is 6.78. The number of aryl methyl sites for hydroxylation is 2. The Labute approximate surface area is 173 Å². The first kappa shape index (κ1) is 22.7. The predicted octanol–water partition coefficient (Wildman–Crippen LogP) is 3.56. The van der Waals surface area contributed by atoms with E-state index in [1.807, 2.05) is 57.2 Å². The van der Waals surface area contributed by atoms with Gasteiger partial charge in [-0.1, -0.05) is 24.3 Å². The molecule has 0 aliphatic heterocycles. The van der Waals surface area contributed by atoms with Gasteiger partial charge in [0.05, 0.1) is 18.6 Å². The number of hydrogen-bond acceptors (Lipinski definition) is 4. The van der Waals surface area contributed by atoms with Crippen molar-refractivity contribution in [2.24, 2.45) is 0 Å². The van der Waals surface area contributed by atoms with Gasteiger partial charge in [0.25, 0.3) is 0 Å². The molecule has 0 atom stereocenters. The lowest BCUT2D eigenvalue weighted by atomic mass is 10.1. The predicted molar refractivity (Wildman–Crippen MR) is 117 cm³/mol. The van der Waals surface area contributed by atoms with Gasteiger partial charge in [0.2, 0.25) is 15.9 Å². The number of ether oxygens (including phenoxy) is 1. The maximum Gasteiger partial charge on any atom is 0.232 e. The molecule has 2 aromatic carbocycles. The van der Waals surface area contributed by atoms with E-state index in [2.05, 4.69) is 5.32 Å². The highest BCUT2D eigenvalue weighted by molar-refractivity contribution is 7.92. The highest BCUT2D eigenvalue weighted by Gasteiger charge is 2.18. The minimum Gasteiger partial charge on any atom is -0.494 e. The van der Waals surface area contributed by atoms with E-state index >= 15 is 0 Å². The van der Waals surface area contributed by atoms with E-state index in [9.17, 15) is 13.2 Å². The minimum absolute atomic E-state index is 0.121. The number of rotatable bonds is 10. The van der Waals surface area contributed by atoms with Crippen LogP contribution in [0, 0.1) is 13.8 Å². The van der Waals surface area contributed by atoms with Crippen LogP contribution in [0.15, 0.2) is 42.5 Å². The van der Waals surface area contributed by atoms with E-state index in [4.69, 9.17) is 4.74 Å². The summed E-state index contributed by atoms with van der Waals surface area (Å²) < 4.78 is 31.4. The van der Waals surface area contributed by atoms with Gasteiger partial charge in [-0.2, -0.15) is 0 Å². The van der Waals surface area contributed by atoms with E-state index in [1.165, 1.54) is 10.6 Å². The van der Waals surface area contributed by atoms with Gasteiger partial charge in [0, 0.05) is 25.1 Å². The molecular formula is C22H30N2O4S. The Kier molecular flexibility index (Phi) is 8.08. The second-order valence-electron chi connectivity index (χ2n) is 7.02. The molecule has 0 unspecified atom stereocenters. The van der Waals surface area contributed by atoms with Crippen molar-refractivity contribution in [3.05, 3.63) is 59.2 Å². The molecule has 29 heavy (non-hydrogen) atoms. The first-order valence-corrected chi connectivity index (χ1v) is 11.6. The van der Waals surface area contributed by atoms with Gasteiger partial charge in [0.15, 0.2) is 0 Å². The summed E-state index contributed by atoms with van der Waals surface area (Å²) in [7, 11) is -3.43. The molecule has 0 saturated carbocycles. The summed E-state index contributed by atoms with van der Waals surface area (Å²) in [5, 5.41) is 2.88. The summed E-state index contributed by atoms with van der Waals surface area (Å²) in [6, 6.07) is 13.1. The molecule has 1 amide bonds. The number of nitrogens with one attached hydrogen (secondary N) is 1. The zero-order valence-corrected chi connectivity index (χ0v) is 18.4. The number of nitrogens with zero attached hydrogens (tertiary/aromatic N) is 1. The van der Waals surface area contributed by atoms with Gasteiger partial charge in [-0.15, -0.1) is 0 Å². The molecule has 0 radical (unpaired) electrons. The van der Waals surface area contributed by atoms with Crippen LogP contribution in [0.2, 0.25) is 0 Å². The third-order valence-corrected chi connectivity index (χ3v) is 5.89. The van der Waals surface area contributed by atoms with Crippen molar-refractivity contribution in [2.75, 3.05) is 23.7 Å². The van der Waals surface area contributed by atoms with Crippen molar-refractivity contribution in [3.8, 4) is 5.75 Å². The first-order valence-electron chi connectivity index (χ1n) is 9.74. The van der Waals surface area contributed by atoms with Crippen LogP contribution >= 0.6 is 0 Å². The van der Waals surface area contributed by atoms with Gasteiger partial charge in [0.1, 0.15) is 5.75 Å². The smallest absolute Gasteiger partial charge is 0.232 e. The molecule has 0 aliphatic rings. The Hall–Kier alpha value is -2.54. The van der Waals surface area contributed by atoms with E-state index in [0.717, 1.165) is 22.4 Å². The van der Waals surface area contributed by atoms with Gasteiger partial charge in [-0.25, -0.2) is 8.42 Å². The van der Waals surface area contributed by atoms with Crippen LogP contribution in [-0.4, -0.2) is 33.7 Å². The molecule has 0 aliphatic carbocycles. The van der Waals surface area contributed by atoms with E-state index < -0.39 is 10.0 Å². The summed E-state index contributed by atoms with van der Waals surface area (Å²) in [6.45, 7) is 7.04. The lowest BCUT2D eigenvalue weighted by Crippen LogP contribution is -2.32. The molecule has 158 valence electrons. The average molecular weight is 419 g/mol. The van der Waals surface area contributed by atoms with Crippen LogP contribution in [0.5, 0.6) is 5.75 Å². The normalized spacial score (nSPS) is 11.2. The number of para-hydroxylation sites is 1. The second-order valence-corrected chi connectivity index (χ2v) is 8.93. The summed E-state index contributed by atoms with van der Waals surface area (Å²) in [4.78, 5) is 12.2. The number of carbonyl (C=O) groups excluding carboxylic acids is 1. The fraction of sp³-hybridized carbons (Fsp3) is 0.409. The Balaban J connectivity index is 1.92. The highest BCUT2D eigenvalue weighted by Crippen LogP contribution is 2.22. The summed E-state index contributed by atoms with van der Waals surface area (Å²) in [6.07, 6.45) is 1.86. The largest absolute Gasteiger partial charge is 0.494 e. The molecule has 0 heterocycles. The van der Waals surface area contributed by atoms with Crippen LogP contribution in [0.1, 0.15) is 36.5 Å². The van der Waals surface area contributed by atoms with Crippen molar-refractivity contribution < 1.29 is 17.9 Å². The fourth-order valence-corrected chi connectivity index (χ4v) is 3.94. The lowest BCUT2D eigenvalue weighted by Gasteiger charge is -2.23. The zero-order chi connectivity index (χ0) is 21.4. The Bertz CT molecular complexity index is 942. The van der Waals surface area contributed by atoms with Gasteiger partial charge >= 0.3 is 0 Å². The number of anilines is 1. The molecule has 2 rings (SSSR count). The molecule has 0 fully saturated rings. The number of amides is 1. The van der Waals surface area contributed by atoms with Crippen molar-refractivity contribution in [3.63, 3.8) is 0 Å². The topological polar surface area (TPSA) is 75.7 Å². The standard InChI is InChI=1S/C22H30N2O4S/c1-5-28-21-10-7-6-9-19(21)16-23-22(25)11-8-14-24(29(4,26)27)20-13-12-17(2)18(3)15-20/h6-7,9-10,12-13,15H,5,8,11,14,16H2,1-4H3,(H,23,25). The molecule has 0 spiro atoms. The second kappa shape index (κ2) is 10.3. The zero-order valence-electron chi connectivity index (χ0n) is 17.6. The van der Waals surface area contributed by atoms with E-state index in [-0.39, 0.29) is 18.9 Å². The van der Waals surface area contributed by atoms with Crippen molar-refractivity contribution in [1.82, 2.24) is 5.32 Å². The average Bonchev–Trinajstić information content (AvgIpc) is 2.66. The van der Waals surface area contributed by atoms with Crippen LogP contribution < -0.4 is 14.4 Å². The maximum absolute atomic E-state index is 12.2. The summed E-state index contributed by atoms with van der Waals surface area (Å²) >= 11 is 0. The van der Waals surface area contributed by atoms with E-state index in [1.54, 1.807) is 6.07 Å². The molecule has 0 aromatic heterocycles. The third-order valence-electron chi connectivity index (χ3n) is 4.69. The Morgan fingerprint density at radius 1 is 1.10 bits per heavy atom. The van der Waals surface area contributed by atoms with Gasteiger partial charge in [-0.3, -0.25) is 9.10 Å². The molecule has 6 nitrogen and oxygen atoms in total. The molecule has 0 saturated heterocycles. The minimum atomic E-state index is -3.43. The maximum atomic E-state index is 12.2. The van der Waals surface area contributed by atoms with Crippen LogP contribution in [-0.2, 0) is 21.4 Å². The number of sulfonamides is 1. The molecular weight excluding hydrogens is 388 g/mol. The number of hydrogen-bond donors (Lipinski definition) is 1. The SMILES string of the molecule is CCOc1ccccc1CNC(=O)CCCN(c1ccc(C)c(C)c1)S(C)(=O)=O. The fourth-order valence-electron chi connectivity index (χ4n) is 2.98. The van der Waals surface area contributed by atoms with Gasteiger partial charge < -0.3 is 10.1 Å². The molecule has 1 N–H and O–H groups in total. The first-order chi connectivity index (χ1) is 13.7. The molecule has 0 bridgehead atoms. The number of carbonyl (C=O) groups is 1. The summed E-state index contributed by atoms with van der Waals surface area (Å²) in [5.74, 6) is 0.637. The van der Waals surface area contributed by atoms with Crippen molar-refractivity contribution in [2.45, 2.75) is 40.2 Å².